The minimum absolute atomic E-state index is 0.00262. The first kappa shape index (κ1) is 37.5. The van der Waals surface area contributed by atoms with Crippen molar-refractivity contribution in [2.45, 2.75) is 62.8 Å². The Hall–Kier alpha value is -3.28. The summed E-state index contributed by atoms with van der Waals surface area (Å²) in [5.74, 6) is -3.80. The van der Waals surface area contributed by atoms with Crippen molar-refractivity contribution >= 4 is 99.1 Å². The maximum Gasteiger partial charge on any atom is 0.424 e. The van der Waals surface area contributed by atoms with E-state index in [4.69, 9.17) is 62.7 Å². The molecule has 4 amide bonds. The average Bonchev–Trinajstić information content (AvgIpc) is 3.50. The third kappa shape index (κ3) is 8.29. The predicted molar refractivity (Wildman–Crippen MR) is 187 cm³/mol. The van der Waals surface area contributed by atoms with Crippen molar-refractivity contribution in [1.29, 1.82) is 0 Å². The van der Waals surface area contributed by atoms with Crippen LogP contribution in [-0.2, 0) is 14.9 Å². The van der Waals surface area contributed by atoms with Gasteiger partial charge in [0.05, 0.1) is 22.2 Å². The van der Waals surface area contributed by atoms with Gasteiger partial charge in [-0.15, -0.1) is 23.2 Å². The molecule has 9 nitrogen and oxygen atoms in total. The van der Waals surface area contributed by atoms with Gasteiger partial charge in [-0.25, -0.2) is 14.0 Å². The number of hydrogen-bond donors (Lipinski definition) is 3. The highest BCUT2D eigenvalue weighted by atomic mass is 35.5. The number of nitrogens with one attached hydrogen (secondary N) is 2. The van der Waals surface area contributed by atoms with Crippen molar-refractivity contribution in [3.05, 3.63) is 86.1 Å². The van der Waals surface area contributed by atoms with E-state index in [-0.39, 0.29) is 32.4 Å². The summed E-state index contributed by atoms with van der Waals surface area (Å²) in [5, 5.41) is 15.9. The fourth-order valence-corrected chi connectivity index (χ4v) is 6.57. The number of alkyl halides is 2. The lowest BCUT2D eigenvalue weighted by Crippen LogP contribution is -2.41. The van der Waals surface area contributed by atoms with Crippen LogP contribution in [0.2, 0.25) is 15.1 Å². The Kier molecular flexibility index (Phi) is 10.6. The molecule has 0 saturated heterocycles. The summed E-state index contributed by atoms with van der Waals surface area (Å²) in [4.78, 5) is 51.9. The smallest absolute Gasteiger partial charge is 0.424 e. The zero-order chi connectivity index (χ0) is 36.1. The monoisotopic (exact) mass is 759 g/mol. The first-order valence-corrected chi connectivity index (χ1v) is 16.3. The molecule has 2 atom stereocenters. The number of carbonyl (C=O) groups is 4. The SMILES string of the molecule is CC(C)(C)OC(=O)N(C(=O)O)c1cc(NC(=O)c2cc(NC(=O)[C@H]3[C@H](c4cc(Cl)cc(Cl)c4)C3(Cl)Cl)ccc2Cl)cc(C(C)(C)C)c1F. The van der Waals surface area contributed by atoms with Gasteiger partial charge in [0.2, 0.25) is 5.91 Å². The number of rotatable bonds is 6. The van der Waals surface area contributed by atoms with E-state index in [0.29, 0.717) is 15.6 Å². The van der Waals surface area contributed by atoms with Crippen LogP contribution in [0.3, 0.4) is 0 Å². The van der Waals surface area contributed by atoms with E-state index in [2.05, 4.69) is 10.6 Å². The van der Waals surface area contributed by atoms with Crippen LogP contribution in [0.25, 0.3) is 0 Å². The molecular formula is C33H31Cl5FN3O6. The van der Waals surface area contributed by atoms with Gasteiger partial charge in [0, 0.05) is 27.3 Å². The molecule has 1 aliphatic carbocycles. The zero-order valence-electron chi connectivity index (χ0n) is 26.5. The molecule has 0 heterocycles. The lowest BCUT2D eigenvalue weighted by molar-refractivity contribution is -0.117. The summed E-state index contributed by atoms with van der Waals surface area (Å²) in [7, 11) is 0. The number of anilines is 3. The lowest BCUT2D eigenvalue weighted by atomic mass is 9.85. The van der Waals surface area contributed by atoms with Crippen molar-refractivity contribution in [2.24, 2.45) is 5.92 Å². The largest absolute Gasteiger partial charge is 0.464 e. The number of carbonyl (C=O) groups excluding carboxylic acids is 3. The number of nitrogens with zero attached hydrogens (tertiary/aromatic N) is 1. The van der Waals surface area contributed by atoms with Crippen LogP contribution >= 0.6 is 58.0 Å². The molecule has 15 heteroatoms. The van der Waals surface area contributed by atoms with E-state index < -0.39 is 62.7 Å². The second-order valence-corrected chi connectivity index (χ2v) is 15.9. The highest BCUT2D eigenvalue weighted by molar-refractivity contribution is 6.53. The number of ether oxygens (including phenoxy) is 1. The minimum atomic E-state index is -1.80. The first-order valence-electron chi connectivity index (χ1n) is 14.4. The van der Waals surface area contributed by atoms with Crippen LogP contribution in [-0.4, -0.2) is 39.0 Å². The number of imide groups is 1. The molecule has 48 heavy (non-hydrogen) atoms. The molecule has 1 fully saturated rings. The molecule has 3 aromatic carbocycles. The van der Waals surface area contributed by atoms with Crippen molar-refractivity contribution in [2.75, 3.05) is 15.5 Å². The summed E-state index contributed by atoms with van der Waals surface area (Å²) in [6, 6.07) is 11.2. The Morgan fingerprint density at radius 2 is 1.48 bits per heavy atom. The van der Waals surface area contributed by atoms with E-state index in [1.807, 2.05) is 0 Å². The molecule has 0 spiro atoms. The van der Waals surface area contributed by atoms with Gasteiger partial charge >= 0.3 is 12.2 Å². The highest BCUT2D eigenvalue weighted by Crippen LogP contribution is 2.65. The third-order valence-corrected chi connectivity index (χ3v) is 8.89. The van der Waals surface area contributed by atoms with Gasteiger partial charge in [-0.3, -0.25) is 9.59 Å². The van der Waals surface area contributed by atoms with E-state index in [9.17, 15) is 24.3 Å². The zero-order valence-corrected chi connectivity index (χ0v) is 30.3. The summed E-state index contributed by atoms with van der Waals surface area (Å²) in [6.07, 6.45) is -3.13. The lowest BCUT2D eigenvalue weighted by Gasteiger charge is -2.27. The Bertz CT molecular complexity index is 1800. The molecule has 1 saturated carbocycles. The fraction of sp³-hybridized carbons (Fsp3) is 0.333. The Labute approximate surface area is 301 Å². The molecule has 1 aliphatic rings. The molecule has 0 bridgehead atoms. The standard InChI is InChI=1S/C33H31Cl5FN3O6/c1-31(2,3)21-13-19(14-23(26(21)39)42(29(45)46)30(47)48-32(4,5)6)41-27(43)20-12-18(7-8-22(20)36)40-28(44)25-24(33(25,37)38)15-9-16(34)11-17(35)10-15/h7-14,24-25H,1-6H3,(H,40,44)(H,41,43)(H,45,46)/t24-,25+/m0/s1. The van der Waals surface area contributed by atoms with Crippen LogP contribution in [0.1, 0.15) is 68.9 Å². The number of hydrogen-bond acceptors (Lipinski definition) is 5. The van der Waals surface area contributed by atoms with Gasteiger partial charge in [-0.1, -0.05) is 55.6 Å². The van der Waals surface area contributed by atoms with Crippen molar-refractivity contribution < 1.29 is 33.4 Å². The summed E-state index contributed by atoms with van der Waals surface area (Å²) in [6.45, 7) is 9.59. The van der Waals surface area contributed by atoms with Crippen LogP contribution in [0.5, 0.6) is 0 Å². The van der Waals surface area contributed by atoms with Crippen molar-refractivity contribution in [3.8, 4) is 0 Å². The normalized spacial score (nSPS) is 16.9. The van der Waals surface area contributed by atoms with E-state index in [1.165, 1.54) is 51.1 Å². The molecular weight excluding hydrogens is 731 g/mol. The number of carboxylic acid groups (broad SMARTS) is 1. The third-order valence-electron chi connectivity index (χ3n) is 7.19. The molecule has 256 valence electrons. The van der Waals surface area contributed by atoms with Crippen LogP contribution < -0.4 is 15.5 Å². The van der Waals surface area contributed by atoms with E-state index >= 15 is 4.39 Å². The Morgan fingerprint density at radius 1 is 0.875 bits per heavy atom. The average molecular weight is 762 g/mol. The summed E-state index contributed by atoms with van der Waals surface area (Å²) in [5.41, 5.74) is -2.00. The van der Waals surface area contributed by atoms with Gasteiger partial charge in [0.1, 0.15) is 9.93 Å². The number of benzene rings is 3. The van der Waals surface area contributed by atoms with Crippen LogP contribution in [0, 0.1) is 11.7 Å². The number of halogens is 6. The second kappa shape index (κ2) is 13.6. The molecule has 3 N–H and O–H groups in total. The summed E-state index contributed by atoms with van der Waals surface area (Å²) < 4.78 is 19.6. The minimum Gasteiger partial charge on any atom is -0.464 e. The van der Waals surface area contributed by atoms with Crippen molar-refractivity contribution in [1.82, 2.24) is 0 Å². The van der Waals surface area contributed by atoms with Gasteiger partial charge < -0.3 is 20.5 Å². The topological polar surface area (TPSA) is 125 Å². The van der Waals surface area contributed by atoms with Crippen molar-refractivity contribution in [3.63, 3.8) is 0 Å². The maximum atomic E-state index is 15.8. The van der Waals surface area contributed by atoms with E-state index in [1.54, 1.807) is 32.9 Å². The molecule has 0 radical (unpaired) electrons. The molecule has 0 unspecified atom stereocenters. The molecule has 0 aromatic heterocycles. The van der Waals surface area contributed by atoms with Gasteiger partial charge in [0.15, 0.2) is 5.82 Å². The van der Waals surface area contributed by atoms with Gasteiger partial charge in [-0.05, 0) is 85.8 Å². The predicted octanol–water partition coefficient (Wildman–Crippen LogP) is 10.3. The molecule has 3 aromatic rings. The second-order valence-electron chi connectivity index (χ2n) is 13.2. The summed E-state index contributed by atoms with van der Waals surface area (Å²) >= 11 is 31.5. The Balaban J connectivity index is 1.63. The quantitative estimate of drug-likeness (QED) is 0.215. The van der Waals surface area contributed by atoms with Crippen LogP contribution in [0.15, 0.2) is 48.5 Å². The van der Waals surface area contributed by atoms with Gasteiger partial charge in [-0.2, -0.15) is 4.90 Å². The van der Waals surface area contributed by atoms with Crippen LogP contribution in [0.4, 0.5) is 31.0 Å². The molecule has 0 aliphatic heterocycles. The van der Waals surface area contributed by atoms with Gasteiger partial charge in [0.25, 0.3) is 5.91 Å². The number of amides is 4. The maximum absolute atomic E-state index is 15.8. The first-order chi connectivity index (χ1) is 22.0. The van der Waals surface area contributed by atoms with E-state index in [0.717, 1.165) is 6.07 Å². The fourth-order valence-electron chi connectivity index (χ4n) is 4.99. The Morgan fingerprint density at radius 3 is 2.02 bits per heavy atom. The molecule has 4 rings (SSSR count). The highest BCUT2D eigenvalue weighted by Gasteiger charge is 2.67.